The minimum absolute atomic E-state index is 0.113. The molecule has 0 bridgehead atoms. The summed E-state index contributed by atoms with van der Waals surface area (Å²) < 4.78 is 10.2. The minimum Gasteiger partial charge on any atom is -0.492 e. The molecule has 2 rings (SSSR count). The number of ether oxygens (including phenoxy) is 2. The maximum absolute atomic E-state index is 12.3. The third-order valence-corrected chi connectivity index (χ3v) is 3.42. The summed E-state index contributed by atoms with van der Waals surface area (Å²) in [6, 6.07) is 8.78. The lowest BCUT2D eigenvalue weighted by molar-refractivity contribution is -0.385. The number of methoxy groups -OCH3 is 1. The van der Waals surface area contributed by atoms with E-state index in [0.29, 0.717) is 22.9 Å². The Balaban J connectivity index is 2.22. The third kappa shape index (κ3) is 3.94. The molecular formula is C16H15ClN2O5. The first-order chi connectivity index (χ1) is 11.5. The minimum atomic E-state index is -0.581. The van der Waals surface area contributed by atoms with Crippen LogP contribution in [0.5, 0.6) is 11.5 Å². The van der Waals surface area contributed by atoms with E-state index in [2.05, 4.69) is 5.32 Å². The Hall–Kier alpha value is -2.80. The Morgan fingerprint density at radius 1 is 1.25 bits per heavy atom. The highest BCUT2D eigenvalue weighted by Gasteiger charge is 2.17. The molecule has 2 aromatic rings. The zero-order chi connectivity index (χ0) is 17.7. The van der Waals surface area contributed by atoms with Crippen LogP contribution in [0.2, 0.25) is 5.02 Å². The van der Waals surface area contributed by atoms with Crippen LogP contribution < -0.4 is 14.8 Å². The van der Waals surface area contributed by atoms with Gasteiger partial charge in [-0.25, -0.2) is 0 Å². The number of nitro benzene ring substituents is 1. The largest absolute Gasteiger partial charge is 0.492 e. The van der Waals surface area contributed by atoms with Crippen LogP contribution in [0, 0.1) is 10.1 Å². The molecule has 0 unspecified atom stereocenters. The van der Waals surface area contributed by atoms with Crippen LogP contribution in [0.1, 0.15) is 17.3 Å². The van der Waals surface area contributed by atoms with Crippen molar-refractivity contribution in [3.05, 3.63) is 57.1 Å². The Labute approximate surface area is 143 Å². The number of rotatable bonds is 6. The first-order valence-electron chi connectivity index (χ1n) is 7.02. The molecule has 0 aliphatic rings. The van der Waals surface area contributed by atoms with E-state index >= 15 is 0 Å². The summed E-state index contributed by atoms with van der Waals surface area (Å²) in [5, 5.41) is 13.9. The van der Waals surface area contributed by atoms with Gasteiger partial charge in [0, 0.05) is 17.3 Å². The lowest BCUT2D eigenvalue weighted by Crippen LogP contribution is -2.12. The molecule has 0 aliphatic carbocycles. The number of carbonyl (C=O) groups excluding carboxylic acids is 1. The van der Waals surface area contributed by atoms with Crippen molar-refractivity contribution in [3.63, 3.8) is 0 Å². The number of hydrogen-bond donors (Lipinski definition) is 1. The predicted molar refractivity (Wildman–Crippen MR) is 90.2 cm³/mol. The summed E-state index contributed by atoms with van der Waals surface area (Å²) in [6.07, 6.45) is 0. The van der Waals surface area contributed by atoms with Crippen molar-refractivity contribution in [2.75, 3.05) is 19.0 Å². The second-order valence-electron chi connectivity index (χ2n) is 4.68. The molecule has 2 aromatic carbocycles. The molecule has 0 fully saturated rings. The summed E-state index contributed by atoms with van der Waals surface area (Å²) in [5.74, 6) is 0.150. The Bertz CT molecular complexity index is 779. The molecule has 0 saturated carbocycles. The molecule has 126 valence electrons. The molecule has 24 heavy (non-hydrogen) atoms. The van der Waals surface area contributed by atoms with Crippen LogP contribution in [0.25, 0.3) is 0 Å². The van der Waals surface area contributed by atoms with Gasteiger partial charge >= 0.3 is 5.69 Å². The fraction of sp³-hybridized carbons (Fsp3) is 0.188. The van der Waals surface area contributed by atoms with Gasteiger partial charge in [0.1, 0.15) is 5.75 Å². The van der Waals surface area contributed by atoms with E-state index in [-0.39, 0.29) is 17.1 Å². The van der Waals surface area contributed by atoms with Crippen molar-refractivity contribution < 1.29 is 19.2 Å². The summed E-state index contributed by atoms with van der Waals surface area (Å²) in [6.45, 7) is 2.29. The summed E-state index contributed by atoms with van der Waals surface area (Å²) in [4.78, 5) is 22.7. The first kappa shape index (κ1) is 17.6. The number of nitro groups is 1. The van der Waals surface area contributed by atoms with Gasteiger partial charge in [0.2, 0.25) is 0 Å². The van der Waals surface area contributed by atoms with Crippen molar-refractivity contribution in [2.24, 2.45) is 0 Å². The number of benzene rings is 2. The maximum Gasteiger partial charge on any atom is 0.312 e. The average molecular weight is 351 g/mol. The molecule has 0 heterocycles. The highest BCUT2D eigenvalue weighted by Crippen LogP contribution is 2.30. The van der Waals surface area contributed by atoms with E-state index in [4.69, 9.17) is 21.1 Å². The third-order valence-electron chi connectivity index (χ3n) is 3.13. The van der Waals surface area contributed by atoms with Crippen molar-refractivity contribution in [1.29, 1.82) is 0 Å². The molecule has 1 amide bonds. The molecule has 0 aliphatic heterocycles. The highest BCUT2D eigenvalue weighted by molar-refractivity contribution is 6.32. The van der Waals surface area contributed by atoms with Crippen LogP contribution in [0.4, 0.5) is 11.4 Å². The van der Waals surface area contributed by atoms with Crippen LogP contribution in [-0.4, -0.2) is 24.5 Å². The van der Waals surface area contributed by atoms with E-state index in [0.717, 1.165) is 0 Å². The fourth-order valence-corrected chi connectivity index (χ4v) is 2.26. The summed E-state index contributed by atoms with van der Waals surface area (Å²) in [7, 11) is 1.34. The second kappa shape index (κ2) is 7.65. The van der Waals surface area contributed by atoms with Crippen LogP contribution in [0.15, 0.2) is 36.4 Å². The second-order valence-corrected chi connectivity index (χ2v) is 5.08. The smallest absolute Gasteiger partial charge is 0.312 e. The molecule has 0 spiro atoms. The lowest BCUT2D eigenvalue weighted by atomic mass is 10.2. The molecule has 0 aromatic heterocycles. The van der Waals surface area contributed by atoms with Gasteiger partial charge in [-0.2, -0.15) is 0 Å². The molecule has 1 N–H and O–H groups in total. The van der Waals surface area contributed by atoms with Crippen LogP contribution >= 0.6 is 11.6 Å². The normalized spacial score (nSPS) is 10.1. The zero-order valence-electron chi connectivity index (χ0n) is 13.0. The number of halogens is 1. The lowest BCUT2D eigenvalue weighted by Gasteiger charge is -2.09. The van der Waals surface area contributed by atoms with Gasteiger partial charge in [-0.1, -0.05) is 11.6 Å². The number of amides is 1. The molecule has 0 atom stereocenters. The Morgan fingerprint density at radius 2 is 1.96 bits per heavy atom. The Kier molecular flexibility index (Phi) is 5.59. The van der Waals surface area contributed by atoms with E-state index in [9.17, 15) is 14.9 Å². The van der Waals surface area contributed by atoms with Crippen molar-refractivity contribution >= 4 is 28.9 Å². The fourth-order valence-electron chi connectivity index (χ4n) is 2.03. The standard InChI is InChI=1S/C16H15ClN2O5/c1-3-24-14-6-4-10(8-12(14)17)16(20)18-11-5-7-15(23-2)13(9-11)19(21)22/h4-9H,3H2,1-2H3,(H,18,20). The summed E-state index contributed by atoms with van der Waals surface area (Å²) in [5.41, 5.74) is 0.347. The molecule has 8 heteroatoms. The average Bonchev–Trinajstić information content (AvgIpc) is 2.56. The van der Waals surface area contributed by atoms with Gasteiger partial charge in [-0.05, 0) is 37.3 Å². The zero-order valence-corrected chi connectivity index (χ0v) is 13.8. The van der Waals surface area contributed by atoms with Gasteiger partial charge in [0.05, 0.1) is 23.7 Å². The molecule has 7 nitrogen and oxygen atoms in total. The quantitative estimate of drug-likeness (QED) is 0.630. The number of carbonyl (C=O) groups is 1. The monoisotopic (exact) mass is 350 g/mol. The Morgan fingerprint density at radius 3 is 2.54 bits per heavy atom. The van der Waals surface area contributed by atoms with Crippen LogP contribution in [-0.2, 0) is 0 Å². The summed E-state index contributed by atoms with van der Waals surface area (Å²) >= 11 is 6.05. The number of hydrogen-bond acceptors (Lipinski definition) is 5. The number of nitrogens with one attached hydrogen (secondary N) is 1. The maximum atomic E-state index is 12.3. The molecule has 0 saturated heterocycles. The van der Waals surface area contributed by atoms with E-state index < -0.39 is 10.8 Å². The van der Waals surface area contributed by atoms with Gasteiger partial charge < -0.3 is 14.8 Å². The van der Waals surface area contributed by atoms with E-state index in [1.54, 1.807) is 12.1 Å². The van der Waals surface area contributed by atoms with Gasteiger partial charge in [-0.3, -0.25) is 14.9 Å². The number of anilines is 1. The van der Waals surface area contributed by atoms with Gasteiger partial charge in [-0.15, -0.1) is 0 Å². The molecule has 0 radical (unpaired) electrons. The van der Waals surface area contributed by atoms with Gasteiger partial charge in [0.15, 0.2) is 5.75 Å². The van der Waals surface area contributed by atoms with Crippen LogP contribution in [0.3, 0.4) is 0 Å². The predicted octanol–water partition coefficient (Wildman–Crippen LogP) is 3.91. The topological polar surface area (TPSA) is 90.7 Å². The van der Waals surface area contributed by atoms with Crippen molar-refractivity contribution in [1.82, 2.24) is 0 Å². The van der Waals surface area contributed by atoms with Gasteiger partial charge in [0.25, 0.3) is 5.91 Å². The van der Waals surface area contributed by atoms with E-state index in [1.807, 2.05) is 6.92 Å². The first-order valence-corrected chi connectivity index (χ1v) is 7.40. The highest BCUT2D eigenvalue weighted by atomic mass is 35.5. The van der Waals surface area contributed by atoms with Crippen molar-refractivity contribution in [2.45, 2.75) is 6.92 Å². The van der Waals surface area contributed by atoms with E-state index in [1.165, 1.54) is 31.4 Å². The number of nitrogens with zero attached hydrogens (tertiary/aromatic N) is 1. The SMILES string of the molecule is CCOc1ccc(C(=O)Nc2ccc(OC)c([N+](=O)[O-])c2)cc1Cl. The molecular weight excluding hydrogens is 336 g/mol. The van der Waals surface area contributed by atoms with Crippen molar-refractivity contribution in [3.8, 4) is 11.5 Å².